The van der Waals surface area contributed by atoms with Crippen LogP contribution in [0, 0.1) is 12.7 Å². The molecule has 2 aliphatic heterocycles. The molecule has 0 amide bonds. The Labute approximate surface area is 169 Å². The first kappa shape index (κ1) is 17.8. The van der Waals surface area contributed by atoms with Crippen LogP contribution < -0.4 is 9.30 Å². The minimum absolute atomic E-state index is 0.102. The van der Waals surface area contributed by atoms with E-state index < -0.39 is 0 Å². The van der Waals surface area contributed by atoms with Gasteiger partial charge in [0.25, 0.3) is 0 Å². The summed E-state index contributed by atoms with van der Waals surface area (Å²) < 4.78 is 22.2. The molecule has 1 aromatic heterocycles. The van der Waals surface area contributed by atoms with Gasteiger partial charge in [-0.2, -0.15) is 4.57 Å². The normalized spacial score (nSPS) is 20.0. The number of pyridine rings is 1. The van der Waals surface area contributed by atoms with Crippen molar-refractivity contribution in [1.29, 1.82) is 0 Å². The average Bonchev–Trinajstić information content (AvgIpc) is 2.73. The van der Waals surface area contributed by atoms with E-state index in [4.69, 9.17) is 9.73 Å². The van der Waals surface area contributed by atoms with Crippen LogP contribution in [0.15, 0.2) is 72.4 Å². The summed E-state index contributed by atoms with van der Waals surface area (Å²) in [5.41, 5.74) is 6.11. The Balaban J connectivity index is 1.68. The zero-order valence-electron chi connectivity index (χ0n) is 16.3. The van der Waals surface area contributed by atoms with Gasteiger partial charge in [-0.25, -0.2) is 4.39 Å². The van der Waals surface area contributed by atoms with Crippen LogP contribution >= 0.6 is 0 Å². The molecule has 0 N–H and O–H groups in total. The first-order valence-corrected chi connectivity index (χ1v) is 9.88. The van der Waals surface area contributed by atoms with E-state index in [0.717, 1.165) is 28.9 Å². The van der Waals surface area contributed by atoms with Gasteiger partial charge in [0, 0.05) is 24.3 Å². The van der Waals surface area contributed by atoms with Crippen LogP contribution in [0.5, 0.6) is 5.75 Å². The number of hydrogen-bond acceptors (Lipinski definition) is 2. The molecule has 2 aliphatic rings. The van der Waals surface area contributed by atoms with Crippen molar-refractivity contribution < 1.29 is 13.7 Å². The summed E-state index contributed by atoms with van der Waals surface area (Å²) in [7, 11) is 0. The number of hydrogen-bond donors (Lipinski definition) is 0. The fraction of sp³-hybridized carbons (Fsp3) is 0.200. The average molecular weight is 385 g/mol. The van der Waals surface area contributed by atoms with Gasteiger partial charge in [0.2, 0.25) is 11.4 Å². The van der Waals surface area contributed by atoms with E-state index in [-0.39, 0.29) is 17.8 Å². The van der Waals surface area contributed by atoms with Crippen molar-refractivity contribution in [2.24, 2.45) is 4.99 Å². The second-order valence-corrected chi connectivity index (χ2v) is 7.69. The standard InChI is InChI=1S/C25H22FN2O/c1-16-6-8-20-18(13-16)15-27-25-17(2)28-11-4-3-5-23(28)22-14-19(26)7-9-24(22)29-12-10-21(20)25/h3-9,11,13-15,21,25H,2,10,12H2,1H3/q+1. The van der Waals surface area contributed by atoms with E-state index in [1.54, 1.807) is 6.07 Å². The van der Waals surface area contributed by atoms with Crippen LogP contribution in [0.3, 0.4) is 0 Å². The highest BCUT2D eigenvalue weighted by Gasteiger charge is 2.36. The number of aliphatic imine (C=N–C) groups is 1. The molecular weight excluding hydrogens is 363 g/mol. The fourth-order valence-electron chi connectivity index (χ4n) is 4.39. The summed E-state index contributed by atoms with van der Waals surface area (Å²) in [6, 6.07) is 17.0. The molecule has 0 bridgehead atoms. The van der Waals surface area contributed by atoms with Gasteiger partial charge in [-0.15, -0.1) is 0 Å². The van der Waals surface area contributed by atoms with Gasteiger partial charge in [-0.3, -0.25) is 4.99 Å². The van der Waals surface area contributed by atoms with Gasteiger partial charge >= 0.3 is 0 Å². The topological polar surface area (TPSA) is 25.5 Å². The van der Waals surface area contributed by atoms with Crippen LogP contribution in [0.2, 0.25) is 0 Å². The fourth-order valence-corrected chi connectivity index (χ4v) is 4.39. The van der Waals surface area contributed by atoms with Crippen molar-refractivity contribution in [3.05, 3.63) is 89.9 Å². The molecule has 0 saturated heterocycles. The predicted octanol–water partition coefficient (Wildman–Crippen LogP) is 4.93. The summed E-state index contributed by atoms with van der Waals surface area (Å²) in [4.78, 5) is 4.89. The van der Waals surface area contributed by atoms with Crippen molar-refractivity contribution in [2.75, 3.05) is 6.61 Å². The van der Waals surface area contributed by atoms with Gasteiger partial charge in [0.1, 0.15) is 17.6 Å². The SMILES string of the molecule is C=C1C2N=Cc3cc(C)ccc3C2CCOc2ccc(F)cc2-c2cccc[n+]21. The highest BCUT2D eigenvalue weighted by Crippen LogP contribution is 2.38. The highest BCUT2D eigenvalue weighted by molar-refractivity contribution is 5.85. The minimum atomic E-state index is -0.289. The smallest absolute Gasteiger partial charge is 0.222 e. The molecule has 0 saturated carbocycles. The van der Waals surface area contributed by atoms with Gasteiger partial charge in [-0.1, -0.05) is 23.8 Å². The molecule has 2 atom stereocenters. The zero-order valence-corrected chi connectivity index (χ0v) is 16.3. The van der Waals surface area contributed by atoms with E-state index in [2.05, 4.69) is 31.7 Å². The van der Waals surface area contributed by atoms with Gasteiger partial charge in [0.15, 0.2) is 6.20 Å². The number of nitrogens with zero attached hydrogens (tertiary/aromatic N) is 2. The van der Waals surface area contributed by atoms with E-state index in [1.807, 2.05) is 35.2 Å². The maximum atomic E-state index is 14.1. The van der Waals surface area contributed by atoms with Gasteiger partial charge in [-0.05, 0) is 55.3 Å². The lowest BCUT2D eigenvalue weighted by Gasteiger charge is -2.29. The summed E-state index contributed by atoms with van der Waals surface area (Å²) >= 11 is 0. The van der Waals surface area contributed by atoms with E-state index in [0.29, 0.717) is 12.4 Å². The molecule has 3 nitrogen and oxygen atoms in total. The van der Waals surface area contributed by atoms with Crippen molar-refractivity contribution in [1.82, 2.24) is 0 Å². The monoisotopic (exact) mass is 385 g/mol. The Hall–Kier alpha value is -3.27. The molecule has 2 aromatic carbocycles. The van der Waals surface area contributed by atoms with Crippen molar-refractivity contribution >= 4 is 11.9 Å². The highest BCUT2D eigenvalue weighted by atomic mass is 19.1. The summed E-state index contributed by atoms with van der Waals surface area (Å²) in [5.74, 6) is 0.565. The number of benzene rings is 2. The van der Waals surface area contributed by atoms with E-state index in [9.17, 15) is 4.39 Å². The molecule has 0 aliphatic carbocycles. The van der Waals surface area contributed by atoms with Crippen molar-refractivity contribution in [3.63, 3.8) is 0 Å². The molecule has 3 aromatic rings. The number of ether oxygens (including phenoxy) is 1. The number of aryl methyl sites for hydroxylation is 1. The summed E-state index contributed by atoms with van der Waals surface area (Å²) in [6.45, 7) is 7.04. The quantitative estimate of drug-likeness (QED) is 0.504. The van der Waals surface area contributed by atoms with Crippen LogP contribution in [0.25, 0.3) is 17.0 Å². The van der Waals surface area contributed by atoms with Crippen LogP contribution in [-0.4, -0.2) is 18.9 Å². The molecule has 0 fully saturated rings. The van der Waals surface area contributed by atoms with Crippen LogP contribution in [-0.2, 0) is 0 Å². The molecule has 144 valence electrons. The number of fused-ring (bicyclic) bond motifs is 6. The molecule has 29 heavy (non-hydrogen) atoms. The Kier molecular flexibility index (Phi) is 4.27. The summed E-state index contributed by atoms with van der Waals surface area (Å²) in [5, 5.41) is 0. The van der Waals surface area contributed by atoms with Crippen molar-refractivity contribution in [3.8, 4) is 17.0 Å². The van der Waals surface area contributed by atoms with Gasteiger partial charge < -0.3 is 4.74 Å². The molecule has 0 spiro atoms. The Morgan fingerprint density at radius 2 is 2.03 bits per heavy atom. The van der Waals surface area contributed by atoms with Crippen molar-refractivity contribution in [2.45, 2.75) is 25.3 Å². The largest absolute Gasteiger partial charge is 0.493 e. The molecular formula is C25H22FN2O+. The lowest BCUT2D eigenvalue weighted by Crippen LogP contribution is -2.42. The van der Waals surface area contributed by atoms with E-state index in [1.165, 1.54) is 23.3 Å². The first-order valence-electron chi connectivity index (χ1n) is 9.88. The Morgan fingerprint density at radius 1 is 1.14 bits per heavy atom. The summed E-state index contributed by atoms with van der Waals surface area (Å²) in [6.07, 6.45) is 4.72. The zero-order chi connectivity index (χ0) is 20.0. The second-order valence-electron chi connectivity index (χ2n) is 7.69. The lowest BCUT2D eigenvalue weighted by molar-refractivity contribution is -0.572. The molecule has 0 radical (unpaired) electrons. The number of rotatable bonds is 0. The van der Waals surface area contributed by atoms with Crippen LogP contribution in [0.1, 0.15) is 29.0 Å². The Bertz CT molecular complexity index is 1150. The minimum Gasteiger partial charge on any atom is -0.493 e. The van der Waals surface area contributed by atoms with E-state index >= 15 is 0 Å². The second kappa shape index (κ2) is 6.96. The lowest BCUT2D eigenvalue weighted by atomic mass is 9.82. The molecule has 5 rings (SSSR count). The van der Waals surface area contributed by atoms with Crippen LogP contribution in [0.4, 0.5) is 4.39 Å². The maximum absolute atomic E-state index is 14.1. The third-order valence-corrected chi connectivity index (χ3v) is 5.81. The third kappa shape index (κ3) is 3.05. The Morgan fingerprint density at radius 3 is 2.93 bits per heavy atom. The molecule has 3 heterocycles. The molecule has 4 heteroatoms. The maximum Gasteiger partial charge on any atom is 0.222 e. The number of halogens is 1. The first-order chi connectivity index (χ1) is 14.1. The number of aromatic nitrogens is 1. The van der Waals surface area contributed by atoms with Gasteiger partial charge in [0.05, 0.1) is 12.2 Å². The predicted molar refractivity (Wildman–Crippen MR) is 113 cm³/mol. The third-order valence-electron chi connectivity index (χ3n) is 5.81. The molecule has 2 unspecified atom stereocenters.